The van der Waals surface area contributed by atoms with Crippen LogP contribution in [0, 0.1) is 0 Å². The van der Waals surface area contributed by atoms with Crippen LogP contribution in [0.25, 0.3) is 22.0 Å². The fourth-order valence-corrected chi connectivity index (χ4v) is 3.17. The number of hydrogen-bond donors (Lipinski definition) is 3. The first-order valence-corrected chi connectivity index (χ1v) is 8.11. The van der Waals surface area contributed by atoms with Gasteiger partial charge in [-0.05, 0) is 23.8 Å². The summed E-state index contributed by atoms with van der Waals surface area (Å²) in [6, 6.07) is 12.1. The molecule has 0 fully saturated rings. The molecule has 27 heavy (non-hydrogen) atoms. The zero-order chi connectivity index (χ0) is 19.2. The lowest BCUT2D eigenvalue weighted by Crippen LogP contribution is -2.06. The number of carbonyl (C=O) groups excluding carboxylic acids is 1. The molecule has 2 aromatic heterocycles. The van der Waals surface area contributed by atoms with Gasteiger partial charge in [-0.1, -0.05) is 30.3 Å². The minimum atomic E-state index is -4.47. The van der Waals surface area contributed by atoms with Crippen molar-refractivity contribution in [3.8, 4) is 11.1 Å². The maximum atomic E-state index is 13.1. The zero-order valence-corrected chi connectivity index (χ0v) is 13.9. The number of carbonyl (C=O) groups is 1. The Morgan fingerprint density at radius 1 is 0.963 bits per heavy atom. The molecule has 0 aliphatic heterocycles. The van der Waals surface area contributed by atoms with Gasteiger partial charge in [0.25, 0.3) is 0 Å². The molecule has 0 aliphatic rings. The maximum absolute atomic E-state index is 13.1. The molecule has 0 aliphatic carbocycles. The molecule has 4 nitrogen and oxygen atoms in total. The molecule has 2 heterocycles. The lowest BCUT2D eigenvalue weighted by Gasteiger charge is -2.09. The number of aromatic nitrogens is 2. The van der Waals surface area contributed by atoms with E-state index in [-0.39, 0.29) is 22.7 Å². The summed E-state index contributed by atoms with van der Waals surface area (Å²) in [6.07, 6.45) is -1.44. The molecule has 0 spiro atoms. The third-order valence-electron chi connectivity index (χ3n) is 4.47. The van der Waals surface area contributed by atoms with Crippen LogP contribution in [0.4, 0.5) is 19.0 Å². The number of alkyl halides is 3. The van der Waals surface area contributed by atoms with Crippen LogP contribution in [-0.2, 0) is 6.18 Å². The minimum absolute atomic E-state index is 0.109. The molecule has 0 saturated carbocycles. The maximum Gasteiger partial charge on any atom is 0.416 e. The van der Waals surface area contributed by atoms with Gasteiger partial charge in [0.2, 0.25) is 0 Å². The van der Waals surface area contributed by atoms with Gasteiger partial charge in [0.05, 0.1) is 11.1 Å². The van der Waals surface area contributed by atoms with Gasteiger partial charge in [0, 0.05) is 34.4 Å². The van der Waals surface area contributed by atoms with Crippen molar-refractivity contribution in [1.82, 2.24) is 9.97 Å². The normalized spacial score (nSPS) is 11.8. The van der Waals surface area contributed by atoms with Crippen LogP contribution in [0.1, 0.15) is 21.5 Å². The number of anilines is 1. The second kappa shape index (κ2) is 6.05. The number of para-hydroxylation sites is 1. The van der Waals surface area contributed by atoms with E-state index in [1.807, 2.05) is 12.1 Å². The monoisotopic (exact) mass is 369 g/mol. The van der Waals surface area contributed by atoms with E-state index < -0.39 is 11.7 Å². The van der Waals surface area contributed by atoms with E-state index in [1.54, 1.807) is 18.3 Å². The highest BCUT2D eigenvalue weighted by molar-refractivity contribution is 6.21. The summed E-state index contributed by atoms with van der Waals surface area (Å²) in [5.74, 6) is -0.253. The van der Waals surface area contributed by atoms with E-state index in [4.69, 9.17) is 5.73 Å². The second-order valence-electron chi connectivity index (χ2n) is 6.15. The lowest BCUT2D eigenvalue weighted by molar-refractivity contribution is -0.137. The molecule has 4 N–H and O–H groups in total. The lowest BCUT2D eigenvalue weighted by atomic mass is 9.96. The van der Waals surface area contributed by atoms with Gasteiger partial charge in [-0.25, -0.2) is 0 Å². The Hall–Kier alpha value is -3.48. The van der Waals surface area contributed by atoms with E-state index in [0.29, 0.717) is 11.1 Å². The largest absolute Gasteiger partial charge is 0.416 e. The number of nitrogens with one attached hydrogen (secondary N) is 2. The van der Waals surface area contributed by atoms with Crippen molar-refractivity contribution < 1.29 is 18.0 Å². The number of ketones is 1. The predicted octanol–water partition coefficient (Wildman–Crippen LogP) is 5.00. The first-order valence-electron chi connectivity index (χ1n) is 8.11. The van der Waals surface area contributed by atoms with E-state index >= 15 is 0 Å². The SMILES string of the molecule is Nc1[nH]cc(-c2cccc(C(F)(F)F)c2)c1C(=O)c1c[nH]c2ccccc12. The Morgan fingerprint density at radius 2 is 1.74 bits per heavy atom. The van der Waals surface area contributed by atoms with Crippen LogP contribution in [0.3, 0.4) is 0 Å². The fraction of sp³-hybridized carbons (Fsp3) is 0.0500. The minimum Gasteiger partial charge on any atom is -0.385 e. The summed E-state index contributed by atoms with van der Waals surface area (Å²) in [4.78, 5) is 18.9. The molecule has 4 aromatic rings. The van der Waals surface area contributed by atoms with Crippen LogP contribution in [0.2, 0.25) is 0 Å². The smallest absolute Gasteiger partial charge is 0.385 e. The highest BCUT2D eigenvalue weighted by atomic mass is 19.4. The number of benzene rings is 2. The van der Waals surface area contributed by atoms with Crippen molar-refractivity contribution in [2.75, 3.05) is 5.73 Å². The van der Waals surface area contributed by atoms with Gasteiger partial charge in [-0.15, -0.1) is 0 Å². The van der Waals surface area contributed by atoms with Crippen molar-refractivity contribution in [3.63, 3.8) is 0 Å². The average Bonchev–Trinajstić information content (AvgIpc) is 3.24. The molecule has 4 rings (SSSR count). The van der Waals surface area contributed by atoms with E-state index in [2.05, 4.69) is 9.97 Å². The summed E-state index contributed by atoms with van der Waals surface area (Å²) in [7, 11) is 0. The average molecular weight is 369 g/mol. The van der Waals surface area contributed by atoms with Crippen molar-refractivity contribution in [1.29, 1.82) is 0 Å². The highest BCUT2D eigenvalue weighted by Crippen LogP contribution is 2.35. The van der Waals surface area contributed by atoms with Crippen LogP contribution in [0.15, 0.2) is 60.9 Å². The molecule has 0 radical (unpaired) electrons. The van der Waals surface area contributed by atoms with Crippen molar-refractivity contribution >= 4 is 22.5 Å². The summed E-state index contributed by atoms with van der Waals surface area (Å²) in [5, 5.41) is 0.720. The molecule has 0 amide bonds. The van der Waals surface area contributed by atoms with Crippen LogP contribution in [-0.4, -0.2) is 15.8 Å². The third kappa shape index (κ3) is 2.87. The molecular formula is C20H14F3N3O. The van der Waals surface area contributed by atoms with Gasteiger partial charge in [0.15, 0.2) is 5.78 Å². The number of fused-ring (bicyclic) bond motifs is 1. The van der Waals surface area contributed by atoms with Gasteiger partial charge in [-0.2, -0.15) is 13.2 Å². The van der Waals surface area contributed by atoms with Gasteiger partial charge in [-0.3, -0.25) is 4.79 Å². The number of H-pyrrole nitrogens is 2. The summed E-state index contributed by atoms with van der Waals surface area (Å²) in [5.41, 5.74) is 7.10. The third-order valence-corrected chi connectivity index (χ3v) is 4.47. The summed E-state index contributed by atoms with van der Waals surface area (Å²) in [6.45, 7) is 0. The zero-order valence-electron chi connectivity index (χ0n) is 13.9. The Morgan fingerprint density at radius 3 is 2.52 bits per heavy atom. The molecule has 2 aromatic carbocycles. The first kappa shape index (κ1) is 17.0. The van der Waals surface area contributed by atoms with Crippen molar-refractivity contribution in [2.24, 2.45) is 0 Å². The molecule has 7 heteroatoms. The quantitative estimate of drug-likeness (QED) is 0.445. The summed E-state index contributed by atoms with van der Waals surface area (Å²) >= 11 is 0. The number of hydrogen-bond acceptors (Lipinski definition) is 2. The number of rotatable bonds is 3. The fourth-order valence-electron chi connectivity index (χ4n) is 3.17. The molecule has 0 unspecified atom stereocenters. The molecule has 0 atom stereocenters. The van der Waals surface area contributed by atoms with Gasteiger partial charge >= 0.3 is 6.18 Å². The van der Waals surface area contributed by atoms with E-state index in [0.717, 1.165) is 23.0 Å². The number of nitrogens with two attached hydrogens (primary N) is 1. The highest BCUT2D eigenvalue weighted by Gasteiger charge is 2.31. The molecule has 0 saturated heterocycles. The first-order chi connectivity index (χ1) is 12.9. The van der Waals surface area contributed by atoms with Gasteiger partial charge in [0.1, 0.15) is 5.82 Å². The summed E-state index contributed by atoms with van der Waals surface area (Å²) < 4.78 is 39.1. The van der Waals surface area contributed by atoms with Crippen LogP contribution in [0.5, 0.6) is 0 Å². The molecule has 0 bridgehead atoms. The number of halogens is 3. The number of aromatic amines is 2. The topological polar surface area (TPSA) is 74.7 Å². The Balaban J connectivity index is 1.85. The molecular weight excluding hydrogens is 355 g/mol. The Labute approximate surface area is 151 Å². The van der Waals surface area contributed by atoms with Crippen LogP contribution < -0.4 is 5.73 Å². The Bertz CT molecular complexity index is 1150. The van der Waals surface area contributed by atoms with E-state index in [1.165, 1.54) is 18.3 Å². The van der Waals surface area contributed by atoms with Crippen molar-refractivity contribution in [3.05, 3.63) is 77.6 Å². The van der Waals surface area contributed by atoms with Gasteiger partial charge < -0.3 is 15.7 Å². The van der Waals surface area contributed by atoms with Crippen molar-refractivity contribution in [2.45, 2.75) is 6.18 Å². The molecule has 136 valence electrons. The second-order valence-corrected chi connectivity index (χ2v) is 6.15. The van der Waals surface area contributed by atoms with Crippen LogP contribution >= 0.6 is 0 Å². The number of nitrogen functional groups attached to an aromatic ring is 1. The standard InChI is InChI=1S/C20H14F3N3O/c21-20(22,23)12-5-3-4-11(8-12)14-9-26-19(24)17(14)18(27)15-10-25-16-7-2-1-6-13(15)16/h1-10,25-26H,24H2. The predicted molar refractivity (Wildman–Crippen MR) is 97.4 cm³/mol. The van der Waals surface area contributed by atoms with E-state index in [9.17, 15) is 18.0 Å². The Kier molecular flexibility index (Phi) is 3.80.